The highest BCUT2D eigenvalue weighted by Crippen LogP contribution is 2.45. The van der Waals surface area contributed by atoms with Crippen LogP contribution in [0.15, 0.2) is 11.7 Å². The lowest BCUT2D eigenvalue weighted by molar-refractivity contribution is -0.147. The van der Waals surface area contributed by atoms with Crippen molar-refractivity contribution in [3.63, 3.8) is 0 Å². The fourth-order valence-corrected chi connectivity index (χ4v) is 2.42. The number of carbonyl (C=O) groups is 1. The zero-order valence-corrected chi connectivity index (χ0v) is 7.30. The molecule has 0 aromatic carbocycles. The Hall–Kier alpha value is -0.900. The van der Waals surface area contributed by atoms with Crippen molar-refractivity contribution in [1.29, 1.82) is 0 Å². The number of hydrogen-bond acceptors (Lipinski definition) is 3. The van der Waals surface area contributed by atoms with Crippen molar-refractivity contribution in [2.45, 2.75) is 24.7 Å². The van der Waals surface area contributed by atoms with E-state index in [4.69, 9.17) is 5.11 Å². The molecule has 2 rings (SSSR count). The van der Waals surface area contributed by atoms with Crippen molar-refractivity contribution in [1.82, 2.24) is 4.98 Å². The Balaban J connectivity index is 2.35. The van der Waals surface area contributed by atoms with Crippen molar-refractivity contribution >= 4 is 17.3 Å². The quantitative estimate of drug-likeness (QED) is 0.758. The van der Waals surface area contributed by atoms with Gasteiger partial charge >= 0.3 is 5.97 Å². The van der Waals surface area contributed by atoms with Gasteiger partial charge in [0.05, 0.1) is 5.51 Å². The molecule has 1 aromatic rings. The third-order valence-corrected chi connectivity index (χ3v) is 3.50. The van der Waals surface area contributed by atoms with Gasteiger partial charge in [-0.25, -0.2) is 0 Å². The fraction of sp³-hybridized carbons (Fsp3) is 0.500. The second kappa shape index (κ2) is 2.55. The topological polar surface area (TPSA) is 50.2 Å². The Kier molecular flexibility index (Phi) is 1.65. The summed E-state index contributed by atoms with van der Waals surface area (Å²) < 4.78 is 0. The lowest BCUT2D eigenvalue weighted by Gasteiger charge is -2.36. The highest BCUT2D eigenvalue weighted by Gasteiger charge is 2.46. The van der Waals surface area contributed by atoms with Gasteiger partial charge in [-0.15, -0.1) is 11.3 Å². The van der Waals surface area contributed by atoms with Crippen molar-refractivity contribution in [2.24, 2.45) is 0 Å². The number of aromatic nitrogens is 1. The molecular formula is C8H9NO2S. The first-order chi connectivity index (χ1) is 5.76. The maximum atomic E-state index is 11.0. The van der Waals surface area contributed by atoms with Crippen LogP contribution in [0.3, 0.4) is 0 Å². The predicted octanol–water partition coefficient (Wildman–Crippen LogP) is 1.65. The van der Waals surface area contributed by atoms with Crippen LogP contribution < -0.4 is 0 Å². The van der Waals surface area contributed by atoms with Gasteiger partial charge in [0.1, 0.15) is 5.41 Å². The summed E-state index contributed by atoms with van der Waals surface area (Å²) in [6, 6.07) is 0. The molecule has 4 heteroatoms. The van der Waals surface area contributed by atoms with Crippen LogP contribution in [0.5, 0.6) is 0 Å². The first-order valence-corrected chi connectivity index (χ1v) is 4.76. The molecule has 3 nitrogen and oxygen atoms in total. The van der Waals surface area contributed by atoms with Gasteiger partial charge in [0.2, 0.25) is 0 Å². The molecule has 0 unspecified atom stereocenters. The minimum atomic E-state index is -0.696. The standard InChI is InChI=1S/C8H9NO2S/c10-7(11)8(2-1-3-8)6-4-9-5-12-6/h4-5H,1-3H2,(H,10,11). The van der Waals surface area contributed by atoms with Gasteiger partial charge < -0.3 is 5.11 Å². The molecule has 1 saturated carbocycles. The zero-order valence-electron chi connectivity index (χ0n) is 6.49. The van der Waals surface area contributed by atoms with E-state index in [9.17, 15) is 4.79 Å². The van der Waals surface area contributed by atoms with Crippen molar-refractivity contribution < 1.29 is 9.90 Å². The van der Waals surface area contributed by atoms with Crippen LogP contribution in [0.1, 0.15) is 24.1 Å². The number of aliphatic carboxylic acids is 1. The highest BCUT2D eigenvalue weighted by atomic mass is 32.1. The molecule has 0 amide bonds. The van der Waals surface area contributed by atoms with E-state index in [1.807, 2.05) is 0 Å². The summed E-state index contributed by atoms with van der Waals surface area (Å²) in [7, 11) is 0. The van der Waals surface area contributed by atoms with Crippen LogP contribution in [0.25, 0.3) is 0 Å². The van der Waals surface area contributed by atoms with Crippen molar-refractivity contribution in [3.05, 3.63) is 16.6 Å². The normalized spacial score (nSPS) is 20.0. The number of rotatable bonds is 2. The molecule has 0 radical (unpaired) electrons. The second-order valence-corrected chi connectivity index (χ2v) is 3.99. The van der Waals surface area contributed by atoms with Crippen LogP contribution in [0, 0.1) is 0 Å². The first kappa shape index (κ1) is 7.73. The highest BCUT2D eigenvalue weighted by molar-refractivity contribution is 7.09. The predicted molar refractivity (Wildman–Crippen MR) is 45.3 cm³/mol. The maximum absolute atomic E-state index is 11.0. The van der Waals surface area contributed by atoms with Crippen LogP contribution in [0.4, 0.5) is 0 Å². The second-order valence-electron chi connectivity index (χ2n) is 3.11. The molecular weight excluding hydrogens is 174 g/mol. The Bertz CT molecular complexity index is 290. The van der Waals surface area contributed by atoms with E-state index in [0.29, 0.717) is 0 Å². The molecule has 12 heavy (non-hydrogen) atoms. The molecule has 0 bridgehead atoms. The molecule has 0 aliphatic heterocycles. The zero-order chi connectivity index (χ0) is 8.60. The van der Waals surface area contributed by atoms with Gasteiger partial charge in [0.15, 0.2) is 0 Å². The summed E-state index contributed by atoms with van der Waals surface area (Å²) in [5.41, 5.74) is 1.11. The molecule has 64 valence electrons. The average Bonchev–Trinajstić information content (AvgIpc) is 2.35. The summed E-state index contributed by atoms with van der Waals surface area (Å²) in [6.07, 6.45) is 4.23. The first-order valence-electron chi connectivity index (χ1n) is 3.88. The number of nitrogens with zero attached hydrogens (tertiary/aromatic N) is 1. The lowest BCUT2D eigenvalue weighted by atomic mass is 9.68. The molecule has 1 aliphatic rings. The van der Waals surface area contributed by atoms with Gasteiger partial charge in [0, 0.05) is 11.1 Å². The summed E-state index contributed by atoms with van der Waals surface area (Å²) in [4.78, 5) is 15.8. The monoisotopic (exact) mass is 183 g/mol. The number of carboxylic acid groups (broad SMARTS) is 1. The smallest absolute Gasteiger partial charge is 0.315 e. The van der Waals surface area contributed by atoms with E-state index in [0.717, 1.165) is 24.1 Å². The minimum absolute atomic E-state index is 0.582. The Morgan fingerprint density at radius 1 is 1.67 bits per heavy atom. The molecule has 1 N–H and O–H groups in total. The van der Waals surface area contributed by atoms with E-state index in [-0.39, 0.29) is 0 Å². The molecule has 1 aromatic heterocycles. The van der Waals surface area contributed by atoms with Crippen LogP contribution in [0.2, 0.25) is 0 Å². The largest absolute Gasteiger partial charge is 0.481 e. The SMILES string of the molecule is O=C(O)C1(c2cncs2)CCC1. The third-order valence-electron chi connectivity index (χ3n) is 2.52. The molecule has 1 fully saturated rings. The molecule has 1 aliphatic carbocycles. The van der Waals surface area contributed by atoms with Gasteiger partial charge in [0.25, 0.3) is 0 Å². The summed E-state index contributed by atoms with van der Waals surface area (Å²) in [6.45, 7) is 0. The number of thiazole rings is 1. The Labute approximate surface area is 74.1 Å². The van der Waals surface area contributed by atoms with E-state index < -0.39 is 11.4 Å². The summed E-state index contributed by atoms with van der Waals surface area (Å²) >= 11 is 1.44. The van der Waals surface area contributed by atoms with Gasteiger partial charge in [-0.1, -0.05) is 6.42 Å². The number of hydrogen-bond donors (Lipinski definition) is 1. The van der Waals surface area contributed by atoms with Gasteiger partial charge in [-0.2, -0.15) is 0 Å². The molecule has 0 atom stereocenters. The summed E-state index contributed by atoms with van der Waals surface area (Å²) in [5.74, 6) is -0.696. The van der Waals surface area contributed by atoms with Crippen molar-refractivity contribution in [2.75, 3.05) is 0 Å². The van der Waals surface area contributed by atoms with E-state index in [2.05, 4.69) is 4.98 Å². The van der Waals surface area contributed by atoms with Gasteiger partial charge in [-0.05, 0) is 12.8 Å². The molecule has 0 spiro atoms. The van der Waals surface area contributed by atoms with Gasteiger partial charge in [-0.3, -0.25) is 9.78 Å². The summed E-state index contributed by atoms with van der Waals surface area (Å²) in [5, 5.41) is 9.03. The van der Waals surface area contributed by atoms with Crippen molar-refractivity contribution in [3.8, 4) is 0 Å². The third kappa shape index (κ3) is 0.876. The Morgan fingerprint density at radius 2 is 2.42 bits per heavy atom. The number of carboxylic acids is 1. The van der Waals surface area contributed by atoms with Crippen LogP contribution in [-0.2, 0) is 10.2 Å². The van der Waals surface area contributed by atoms with Crippen LogP contribution in [-0.4, -0.2) is 16.1 Å². The average molecular weight is 183 g/mol. The van der Waals surface area contributed by atoms with E-state index >= 15 is 0 Å². The Morgan fingerprint density at radius 3 is 2.75 bits per heavy atom. The molecule has 1 heterocycles. The fourth-order valence-electron chi connectivity index (χ4n) is 1.55. The van der Waals surface area contributed by atoms with E-state index in [1.54, 1.807) is 11.7 Å². The van der Waals surface area contributed by atoms with Crippen LogP contribution >= 0.6 is 11.3 Å². The minimum Gasteiger partial charge on any atom is -0.481 e. The molecule has 0 saturated heterocycles. The van der Waals surface area contributed by atoms with E-state index in [1.165, 1.54) is 11.3 Å². The lowest BCUT2D eigenvalue weighted by Crippen LogP contribution is -2.41. The maximum Gasteiger partial charge on any atom is 0.315 e.